The summed E-state index contributed by atoms with van der Waals surface area (Å²) in [6.45, 7) is 3.66. The molecule has 0 amide bonds. The summed E-state index contributed by atoms with van der Waals surface area (Å²) >= 11 is 4.89. The van der Waals surface area contributed by atoms with Crippen molar-refractivity contribution < 1.29 is 18.9 Å². The van der Waals surface area contributed by atoms with Crippen LogP contribution in [0.15, 0.2) is 24.3 Å². The van der Waals surface area contributed by atoms with E-state index in [0.29, 0.717) is 44.6 Å². The molecule has 0 heterocycles. The van der Waals surface area contributed by atoms with Gasteiger partial charge in [-0.15, -0.1) is 0 Å². The number of nitrogens with two attached hydrogens (primary N) is 1. The molecule has 0 radical (unpaired) electrons. The van der Waals surface area contributed by atoms with Crippen molar-refractivity contribution in [1.29, 1.82) is 0 Å². The number of hydrogen-bond donors (Lipinski definition) is 1. The second kappa shape index (κ2) is 11.4. The molecule has 21 heavy (non-hydrogen) atoms. The summed E-state index contributed by atoms with van der Waals surface area (Å²) in [4.78, 5) is 0.387. The van der Waals surface area contributed by atoms with Gasteiger partial charge in [0.1, 0.15) is 17.3 Å². The van der Waals surface area contributed by atoms with Gasteiger partial charge in [-0.25, -0.2) is 0 Å². The molecular formula is C15H23NO4S. The Morgan fingerprint density at radius 2 is 1.57 bits per heavy atom. The van der Waals surface area contributed by atoms with Crippen molar-refractivity contribution in [2.75, 3.05) is 46.8 Å². The average Bonchev–Trinajstić information content (AvgIpc) is 2.49. The fraction of sp³-hybridized carbons (Fsp3) is 0.533. The minimum absolute atomic E-state index is 0.387. The first-order valence-electron chi connectivity index (χ1n) is 6.91. The van der Waals surface area contributed by atoms with Crippen LogP contribution in [0, 0.1) is 0 Å². The van der Waals surface area contributed by atoms with Crippen LogP contribution in [0.4, 0.5) is 0 Å². The van der Waals surface area contributed by atoms with E-state index < -0.39 is 0 Å². The Balaban J connectivity index is 1.98. The van der Waals surface area contributed by atoms with Gasteiger partial charge in [0.15, 0.2) is 0 Å². The predicted octanol–water partition coefficient (Wildman–Crippen LogP) is 1.77. The number of rotatable bonds is 12. The maximum absolute atomic E-state index is 5.54. The summed E-state index contributed by atoms with van der Waals surface area (Å²) < 4.78 is 21.2. The Morgan fingerprint density at radius 3 is 2.14 bits per heavy atom. The van der Waals surface area contributed by atoms with Crippen LogP contribution >= 0.6 is 12.2 Å². The van der Waals surface area contributed by atoms with E-state index in [4.69, 9.17) is 36.9 Å². The van der Waals surface area contributed by atoms with Crippen LogP contribution in [0.3, 0.4) is 0 Å². The largest absolute Gasteiger partial charge is 0.491 e. The first-order chi connectivity index (χ1) is 10.2. The van der Waals surface area contributed by atoms with Crippen molar-refractivity contribution >= 4 is 17.2 Å². The van der Waals surface area contributed by atoms with Crippen molar-refractivity contribution in [3.63, 3.8) is 0 Å². The van der Waals surface area contributed by atoms with Crippen molar-refractivity contribution in [2.24, 2.45) is 5.73 Å². The topological polar surface area (TPSA) is 62.9 Å². The zero-order chi connectivity index (χ0) is 15.3. The number of thiocarbonyl (C=S) groups is 1. The highest BCUT2D eigenvalue weighted by Gasteiger charge is 1.98. The van der Waals surface area contributed by atoms with E-state index in [2.05, 4.69) is 0 Å². The van der Waals surface area contributed by atoms with E-state index in [0.717, 1.165) is 17.7 Å². The Morgan fingerprint density at radius 1 is 0.952 bits per heavy atom. The summed E-state index contributed by atoms with van der Waals surface area (Å²) in [6.07, 6.45) is 0.867. The molecule has 0 spiro atoms. The molecule has 0 bridgehead atoms. The first-order valence-corrected chi connectivity index (χ1v) is 7.32. The molecular weight excluding hydrogens is 290 g/mol. The van der Waals surface area contributed by atoms with Crippen molar-refractivity contribution in [1.82, 2.24) is 0 Å². The highest BCUT2D eigenvalue weighted by atomic mass is 32.1. The summed E-state index contributed by atoms with van der Waals surface area (Å²) in [5, 5.41) is 0. The third-order valence-corrected chi connectivity index (χ3v) is 2.88. The second-order valence-electron chi connectivity index (χ2n) is 4.31. The van der Waals surface area contributed by atoms with Gasteiger partial charge in [-0.2, -0.15) is 0 Å². The zero-order valence-electron chi connectivity index (χ0n) is 12.4. The van der Waals surface area contributed by atoms with Crippen LogP contribution in [0.1, 0.15) is 12.0 Å². The molecule has 0 fully saturated rings. The molecule has 0 saturated heterocycles. The quantitative estimate of drug-likeness (QED) is 0.469. The molecule has 0 aliphatic heterocycles. The van der Waals surface area contributed by atoms with Crippen LogP contribution in [-0.2, 0) is 14.2 Å². The van der Waals surface area contributed by atoms with Crippen molar-refractivity contribution in [3.05, 3.63) is 29.8 Å². The Hall–Kier alpha value is -1.21. The van der Waals surface area contributed by atoms with Crippen molar-refractivity contribution in [2.45, 2.75) is 6.42 Å². The van der Waals surface area contributed by atoms with Gasteiger partial charge in [0, 0.05) is 25.9 Å². The van der Waals surface area contributed by atoms with Gasteiger partial charge < -0.3 is 24.7 Å². The molecule has 0 atom stereocenters. The van der Waals surface area contributed by atoms with E-state index in [9.17, 15) is 0 Å². The van der Waals surface area contributed by atoms with E-state index in [1.807, 2.05) is 24.3 Å². The minimum atomic E-state index is 0.387. The highest BCUT2D eigenvalue weighted by Crippen LogP contribution is 2.11. The standard InChI is InChI=1S/C15H23NO4S/c1-17-9-10-18-7-2-8-19-11-12-20-14-5-3-13(4-6-14)15(16)21/h3-6H,2,7-12H2,1H3,(H2,16,21). The third-order valence-electron chi connectivity index (χ3n) is 2.64. The van der Waals surface area contributed by atoms with Gasteiger partial charge in [0.2, 0.25) is 0 Å². The SMILES string of the molecule is COCCOCCCOCCOc1ccc(C(N)=S)cc1. The van der Waals surface area contributed by atoms with Crippen LogP contribution in [-0.4, -0.2) is 51.7 Å². The number of hydrogen-bond acceptors (Lipinski definition) is 5. The average molecular weight is 313 g/mol. The monoisotopic (exact) mass is 313 g/mol. The fourth-order valence-electron chi connectivity index (χ4n) is 1.54. The van der Waals surface area contributed by atoms with Gasteiger partial charge in [-0.3, -0.25) is 0 Å². The summed E-state index contributed by atoms with van der Waals surface area (Å²) in [7, 11) is 1.66. The lowest BCUT2D eigenvalue weighted by atomic mass is 10.2. The smallest absolute Gasteiger partial charge is 0.119 e. The van der Waals surface area contributed by atoms with E-state index in [-0.39, 0.29) is 0 Å². The summed E-state index contributed by atoms with van der Waals surface area (Å²) in [5.41, 5.74) is 6.36. The van der Waals surface area contributed by atoms with E-state index in [1.165, 1.54) is 0 Å². The Kier molecular flexibility index (Phi) is 9.73. The molecule has 0 aliphatic rings. The van der Waals surface area contributed by atoms with Crippen LogP contribution in [0.5, 0.6) is 5.75 Å². The van der Waals surface area contributed by atoms with E-state index >= 15 is 0 Å². The van der Waals surface area contributed by atoms with Crippen LogP contribution in [0.25, 0.3) is 0 Å². The molecule has 1 rings (SSSR count). The normalized spacial score (nSPS) is 10.5. The maximum atomic E-state index is 5.54. The molecule has 118 valence electrons. The van der Waals surface area contributed by atoms with Gasteiger partial charge in [-0.1, -0.05) is 12.2 Å². The molecule has 0 unspecified atom stereocenters. The number of benzene rings is 1. The molecule has 1 aromatic carbocycles. The molecule has 6 heteroatoms. The zero-order valence-corrected chi connectivity index (χ0v) is 13.2. The summed E-state index contributed by atoms with van der Waals surface area (Å²) in [5.74, 6) is 0.779. The first kappa shape index (κ1) is 17.8. The van der Waals surface area contributed by atoms with Gasteiger partial charge in [0.25, 0.3) is 0 Å². The minimum Gasteiger partial charge on any atom is -0.491 e. The molecule has 0 saturated carbocycles. The Bertz CT molecular complexity index is 397. The van der Waals surface area contributed by atoms with Gasteiger partial charge in [0.05, 0.1) is 19.8 Å². The van der Waals surface area contributed by atoms with Crippen LogP contribution in [0.2, 0.25) is 0 Å². The lowest BCUT2D eigenvalue weighted by Crippen LogP contribution is -2.10. The van der Waals surface area contributed by atoms with Gasteiger partial charge >= 0.3 is 0 Å². The van der Waals surface area contributed by atoms with Crippen molar-refractivity contribution in [3.8, 4) is 5.75 Å². The number of ether oxygens (including phenoxy) is 4. The highest BCUT2D eigenvalue weighted by molar-refractivity contribution is 7.80. The lowest BCUT2D eigenvalue weighted by molar-refractivity contribution is 0.0459. The lowest BCUT2D eigenvalue weighted by Gasteiger charge is -2.08. The predicted molar refractivity (Wildman–Crippen MR) is 86.0 cm³/mol. The van der Waals surface area contributed by atoms with E-state index in [1.54, 1.807) is 7.11 Å². The molecule has 5 nitrogen and oxygen atoms in total. The van der Waals surface area contributed by atoms with Crippen LogP contribution < -0.4 is 10.5 Å². The number of methoxy groups -OCH3 is 1. The fourth-order valence-corrected chi connectivity index (χ4v) is 1.68. The molecule has 2 N–H and O–H groups in total. The second-order valence-corrected chi connectivity index (χ2v) is 4.75. The molecule has 1 aromatic rings. The van der Waals surface area contributed by atoms with Gasteiger partial charge in [-0.05, 0) is 30.7 Å². The Labute approximate surface area is 131 Å². The maximum Gasteiger partial charge on any atom is 0.119 e. The molecule has 0 aliphatic carbocycles. The third kappa shape index (κ3) is 8.62. The summed E-state index contributed by atoms with van der Waals surface area (Å²) in [6, 6.07) is 7.38. The molecule has 0 aromatic heterocycles.